The SMILES string of the molecule is NCC1(CC(=O)NC2CCCCC2O)CCCCC1. The van der Waals surface area contributed by atoms with Crippen LogP contribution < -0.4 is 11.1 Å². The molecule has 0 aromatic rings. The largest absolute Gasteiger partial charge is 0.391 e. The highest BCUT2D eigenvalue weighted by molar-refractivity contribution is 5.77. The molecule has 0 spiro atoms. The van der Waals surface area contributed by atoms with Crippen LogP contribution in [-0.2, 0) is 4.79 Å². The number of hydrogen-bond acceptors (Lipinski definition) is 3. The molecule has 2 saturated carbocycles. The van der Waals surface area contributed by atoms with Gasteiger partial charge in [0.05, 0.1) is 12.1 Å². The van der Waals surface area contributed by atoms with E-state index in [0.29, 0.717) is 13.0 Å². The number of carbonyl (C=O) groups excluding carboxylic acids is 1. The second-order valence-electron chi connectivity index (χ2n) is 6.47. The Labute approximate surface area is 116 Å². The Balaban J connectivity index is 1.85. The van der Waals surface area contributed by atoms with Gasteiger partial charge < -0.3 is 16.2 Å². The standard InChI is InChI=1S/C15H28N2O2/c16-11-15(8-4-1-5-9-15)10-14(19)17-12-6-2-3-7-13(12)18/h12-13,18H,1-11,16H2,(H,17,19). The molecule has 0 aliphatic heterocycles. The molecule has 0 radical (unpaired) electrons. The van der Waals surface area contributed by atoms with Gasteiger partial charge in [0.25, 0.3) is 0 Å². The lowest BCUT2D eigenvalue weighted by Crippen LogP contribution is -2.47. The lowest BCUT2D eigenvalue weighted by molar-refractivity contribution is -0.125. The van der Waals surface area contributed by atoms with Crippen molar-refractivity contribution in [2.45, 2.75) is 76.4 Å². The van der Waals surface area contributed by atoms with E-state index in [4.69, 9.17) is 5.73 Å². The molecule has 110 valence electrons. The van der Waals surface area contributed by atoms with Crippen LogP contribution in [-0.4, -0.2) is 29.7 Å². The minimum Gasteiger partial charge on any atom is -0.391 e. The summed E-state index contributed by atoms with van der Waals surface area (Å²) in [5.41, 5.74) is 5.93. The van der Waals surface area contributed by atoms with Gasteiger partial charge in [0.2, 0.25) is 5.91 Å². The van der Waals surface area contributed by atoms with Crippen LogP contribution in [0.25, 0.3) is 0 Å². The molecule has 2 aliphatic rings. The number of nitrogens with two attached hydrogens (primary N) is 1. The lowest BCUT2D eigenvalue weighted by Gasteiger charge is -2.36. The molecular formula is C15H28N2O2. The third-order valence-electron chi connectivity index (χ3n) is 4.96. The summed E-state index contributed by atoms with van der Waals surface area (Å²) in [5, 5.41) is 12.9. The van der Waals surface area contributed by atoms with Gasteiger partial charge in [-0.1, -0.05) is 32.1 Å². The van der Waals surface area contributed by atoms with Crippen molar-refractivity contribution in [3.63, 3.8) is 0 Å². The number of hydrogen-bond donors (Lipinski definition) is 3. The molecular weight excluding hydrogens is 240 g/mol. The van der Waals surface area contributed by atoms with Gasteiger partial charge in [0.15, 0.2) is 0 Å². The number of rotatable bonds is 4. The molecule has 2 unspecified atom stereocenters. The first-order valence-corrected chi connectivity index (χ1v) is 7.83. The normalized spacial score (nSPS) is 30.8. The summed E-state index contributed by atoms with van der Waals surface area (Å²) in [6.45, 7) is 0.605. The topological polar surface area (TPSA) is 75.4 Å². The van der Waals surface area contributed by atoms with Gasteiger partial charge in [0, 0.05) is 6.42 Å². The Hall–Kier alpha value is -0.610. The highest BCUT2D eigenvalue weighted by atomic mass is 16.3. The number of amides is 1. The van der Waals surface area contributed by atoms with Crippen molar-refractivity contribution in [1.29, 1.82) is 0 Å². The second kappa shape index (κ2) is 6.71. The van der Waals surface area contributed by atoms with Crippen molar-refractivity contribution in [3.05, 3.63) is 0 Å². The number of aliphatic hydroxyl groups is 1. The van der Waals surface area contributed by atoms with Crippen LogP contribution in [0.1, 0.15) is 64.2 Å². The summed E-state index contributed by atoms with van der Waals surface area (Å²) in [7, 11) is 0. The van der Waals surface area contributed by atoms with Crippen LogP contribution in [0.2, 0.25) is 0 Å². The fraction of sp³-hybridized carbons (Fsp3) is 0.933. The predicted molar refractivity (Wildman–Crippen MR) is 75.6 cm³/mol. The molecule has 0 aromatic carbocycles. The molecule has 4 heteroatoms. The van der Waals surface area contributed by atoms with E-state index < -0.39 is 0 Å². The highest BCUT2D eigenvalue weighted by Gasteiger charge is 2.34. The molecule has 0 saturated heterocycles. The summed E-state index contributed by atoms with van der Waals surface area (Å²) in [4.78, 5) is 12.2. The monoisotopic (exact) mass is 268 g/mol. The Morgan fingerprint density at radius 2 is 1.84 bits per heavy atom. The van der Waals surface area contributed by atoms with Crippen LogP contribution in [0.4, 0.5) is 0 Å². The van der Waals surface area contributed by atoms with Gasteiger partial charge in [-0.05, 0) is 37.6 Å². The Bertz CT molecular complexity index is 301. The van der Waals surface area contributed by atoms with Gasteiger partial charge in [-0.2, -0.15) is 0 Å². The maximum atomic E-state index is 12.2. The van der Waals surface area contributed by atoms with Crippen LogP contribution in [0, 0.1) is 5.41 Å². The molecule has 4 nitrogen and oxygen atoms in total. The van der Waals surface area contributed by atoms with Crippen molar-refractivity contribution < 1.29 is 9.90 Å². The molecule has 1 amide bonds. The van der Waals surface area contributed by atoms with E-state index in [-0.39, 0.29) is 23.5 Å². The van der Waals surface area contributed by atoms with Crippen molar-refractivity contribution in [3.8, 4) is 0 Å². The van der Waals surface area contributed by atoms with E-state index in [1.807, 2.05) is 0 Å². The maximum Gasteiger partial charge on any atom is 0.220 e. The van der Waals surface area contributed by atoms with Crippen molar-refractivity contribution in [1.82, 2.24) is 5.32 Å². The first-order valence-electron chi connectivity index (χ1n) is 7.83. The van der Waals surface area contributed by atoms with E-state index in [2.05, 4.69) is 5.32 Å². The van der Waals surface area contributed by atoms with Crippen molar-refractivity contribution >= 4 is 5.91 Å². The first-order chi connectivity index (χ1) is 9.15. The minimum absolute atomic E-state index is 0.0158. The molecule has 2 atom stereocenters. The number of carbonyl (C=O) groups is 1. The summed E-state index contributed by atoms with van der Waals surface area (Å²) in [6, 6.07) is -0.0420. The maximum absolute atomic E-state index is 12.2. The van der Waals surface area contributed by atoms with E-state index in [0.717, 1.165) is 38.5 Å². The highest BCUT2D eigenvalue weighted by Crippen LogP contribution is 2.38. The number of aliphatic hydroxyl groups excluding tert-OH is 1. The minimum atomic E-state index is -0.363. The smallest absolute Gasteiger partial charge is 0.220 e. The fourth-order valence-corrected chi connectivity index (χ4v) is 3.63. The third-order valence-corrected chi connectivity index (χ3v) is 4.96. The summed E-state index contributed by atoms with van der Waals surface area (Å²) >= 11 is 0. The molecule has 2 aliphatic carbocycles. The average Bonchev–Trinajstić information content (AvgIpc) is 2.42. The average molecular weight is 268 g/mol. The van der Waals surface area contributed by atoms with Gasteiger partial charge in [-0.3, -0.25) is 4.79 Å². The Morgan fingerprint density at radius 1 is 1.16 bits per heavy atom. The van der Waals surface area contributed by atoms with Gasteiger partial charge in [-0.25, -0.2) is 0 Å². The summed E-state index contributed by atoms with van der Waals surface area (Å²) in [5.74, 6) is 0.0818. The summed E-state index contributed by atoms with van der Waals surface area (Å²) in [6.07, 6.45) is 9.86. The van der Waals surface area contributed by atoms with Crippen LogP contribution in [0.3, 0.4) is 0 Å². The van der Waals surface area contributed by atoms with E-state index in [1.54, 1.807) is 0 Å². The molecule has 2 fully saturated rings. The molecule has 0 heterocycles. The van der Waals surface area contributed by atoms with Crippen molar-refractivity contribution in [2.75, 3.05) is 6.54 Å². The van der Waals surface area contributed by atoms with Gasteiger partial charge in [0.1, 0.15) is 0 Å². The second-order valence-corrected chi connectivity index (χ2v) is 6.47. The zero-order valence-electron chi connectivity index (χ0n) is 11.9. The van der Waals surface area contributed by atoms with Crippen LogP contribution in [0.15, 0.2) is 0 Å². The van der Waals surface area contributed by atoms with Crippen LogP contribution in [0.5, 0.6) is 0 Å². The van der Waals surface area contributed by atoms with Gasteiger partial charge >= 0.3 is 0 Å². The van der Waals surface area contributed by atoms with Crippen LogP contribution >= 0.6 is 0 Å². The zero-order valence-corrected chi connectivity index (χ0v) is 11.9. The third kappa shape index (κ3) is 3.93. The Kier molecular flexibility index (Phi) is 5.22. The quantitative estimate of drug-likeness (QED) is 0.726. The number of nitrogens with one attached hydrogen (secondary N) is 1. The van der Waals surface area contributed by atoms with E-state index in [9.17, 15) is 9.90 Å². The Morgan fingerprint density at radius 3 is 2.47 bits per heavy atom. The van der Waals surface area contributed by atoms with Gasteiger partial charge in [-0.15, -0.1) is 0 Å². The predicted octanol–water partition coefficient (Wildman–Crippen LogP) is 1.71. The molecule has 19 heavy (non-hydrogen) atoms. The fourth-order valence-electron chi connectivity index (χ4n) is 3.63. The van der Waals surface area contributed by atoms with E-state index >= 15 is 0 Å². The molecule has 0 aromatic heterocycles. The molecule has 2 rings (SSSR count). The molecule has 4 N–H and O–H groups in total. The summed E-state index contributed by atoms with van der Waals surface area (Å²) < 4.78 is 0. The first kappa shape index (κ1) is 14.8. The lowest BCUT2D eigenvalue weighted by atomic mass is 9.71. The zero-order chi connectivity index (χ0) is 13.7. The molecule has 0 bridgehead atoms. The van der Waals surface area contributed by atoms with Crippen molar-refractivity contribution in [2.24, 2.45) is 11.1 Å². The van der Waals surface area contributed by atoms with E-state index in [1.165, 1.54) is 19.3 Å².